The van der Waals surface area contributed by atoms with E-state index in [9.17, 15) is 9.59 Å². The number of rotatable bonds is 5. The first-order valence-electron chi connectivity index (χ1n) is 7.84. The molecule has 24 heavy (non-hydrogen) atoms. The Balaban J connectivity index is 1.91. The van der Waals surface area contributed by atoms with E-state index in [4.69, 9.17) is 0 Å². The first kappa shape index (κ1) is 16.0. The minimum absolute atomic E-state index is 0.390. The molecule has 0 aliphatic rings. The van der Waals surface area contributed by atoms with E-state index >= 15 is 0 Å². The molecular formula is C20H19NO3. The van der Waals surface area contributed by atoms with Gasteiger partial charge in [-0.1, -0.05) is 36.4 Å². The first-order valence-corrected chi connectivity index (χ1v) is 7.84. The maximum Gasteiger partial charge on any atom is 0.379 e. The Morgan fingerprint density at radius 1 is 1.00 bits per heavy atom. The van der Waals surface area contributed by atoms with Gasteiger partial charge in [0.15, 0.2) is 0 Å². The van der Waals surface area contributed by atoms with Crippen LogP contribution in [0.4, 0.5) is 0 Å². The molecule has 0 atom stereocenters. The molecule has 2 aromatic carbocycles. The number of aromatic nitrogens is 1. The Hall–Kier alpha value is -2.88. The topological polar surface area (TPSA) is 48.3 Å². The Morgan fingerprint density at radius 3 is 2.42 bits per heavy atom. The fraction of sp³-hybridized carbons (Fsp3) is 0.200. The van der Waals surface area contributed by atoms with Crippen molar-refractivity contribution in [2.45, 2.75) is 12.8 Å². The molecule has 1 heterocycles. The molecule has 4 heteroatoms. The monoisotopic (exact) mass is 321 g/mol. The summed E-state index contributed by atoms with van der Waals surface area (Å²) in [6, 6.07) is 16.3. The molecule has 122 valence electrons. The number of methoxy groups -OCH3 is 1. The molecule has 0 bridgehead atoms. The van der Waals surface area contributed by atoms with E-state index in [0.29, 0.717) is 5.56 Å². The van der Waals surface area contributed by atoms with Crippen molar-refractivity contribution in [3.05, 3.63) is 71.4 Å². The number of Topliss-reactive ketones (excluding diaryl/α,β-unsaturated/α-hetero) is 1. The van der Waals surface area contributed by atoms with Crippen molar-refractivity contribution in [1.82, 2.24) is 4.57 Å². The van der Waals surface area contributed by atoms with E-state index in [-0.39, 0.29) is 0 Å². The zero-order valence-electron chi connectivity index (χ0n) is 13.8. The second kappa shape index (κ2) is 6.71. The fourth-order valence-electron chi connectivity index (χ4n) is 2.91. The van der Waals surface area contributed by atoms with Crippen LogP contribution in [0.3, 0.4) is 0 Å². The number of ketones is 1. The molecule has 0 spiro atoms. The van der Waals surface area contributed by atoms with Gasteiger partial charge >= 0.3 is 5.97 Å². The lowest BCUT2D eigenvalue weighted by Gasteiger charge is -2.04. The van der Waals surface area contributed by atoms with Crippen LogP contribution in [0, 0.1) is 0 Å². The second-order valence-electron chi connectivity index (χ2n) is 5.81. The summed E-state index contributed by atoms with van der Waals surface area (Å²) in [5.41, 5.74) is 3.72. The summed E-state index contributed by atoms with van der Waals surface area (Å²) in [5.74, 6) is -1.44. The summed E-state index contributed by atoms with van der Waals surface area (Å²) >= 11 is 0. The molecule has 0 saturated heterocycles. The van der Waals surface area contributed by atoms with Crippen LogP contribution in [-0.4, -0.2) is 23.4 Å². The van der Waals surface area contributed by atoms with Gasteiger partial charge in [-0.25, -0.2) is 4.79 Å². The largest absolute Gasteiger partial charge is 0.463 e. The zero-order valence-corrected chi connectivity index (χ0v) is 13.8. The van der Waals surface area contributed by atoms with Crippen molar-refractivity contribution < 1.29 is 14.3 Å². The lowest BCUT2D eigenvalue weighted by Crippen LogP contribution is -2.15. The van der Waals surface area contributed by atoms with Gasteiger partial charge in [0.2, 0.25) is 0 Å². The average Bonchev–Trinajstić information content (AvgIpc) is 2.95. The van der Waals surface area contributed by atoms with Crippen molar-refractivity contribution in [2.24, 2.45) is 7.05 Å². The molecular weight excluding hydrogens is 302 g/mol. The van der Waals surface area contributed by atoms with Crippen molar-refractivity contribution in [2.75, 3.05) is 7.11 Å². The van der Waals surface area contributed by atoms with Crippen LogP contribution in [0.2, 0.25) is 0 Å². The van der Waals surface area contributed by atoms with Crippen LogP contribution in [-0.2, 0) is 29.4 Å². The number of ether oxygens (including phenoxy) is 1. The Kier molecular flexibility index (Phi) is 4.47. The third-order valence-electron chi connectivity index (χ3n) is 4.21. The van der Waals surface area contributed by atoms with Crippen LogP contribution < -0.4 is 0 Å². The van der Waals surface area contributed by atoms with Crippen LogP contribution in [0.25, 0.3) is 10.9 Å². The highest BCUT2D eigenvalue weighted by Crippen LogP contribution is 2.23. The molecule has 0 amide bonds. The average molecular weight is 321 g/mol. The molecule has 4 nitrogen and oxygen atoms in total. The molecule has 1 aromatic heterocycles. The van der Waals surface area contributed by atoms with Gasteiger partial charge in [-0.3, -0.25) is 4.79 Å². The zero-order chi connectivity index (χ0) is 17.1. The van der Waals surface area contributed by atoms with Crippen molar-refractivity contribution >= 4 is 22.7 Å². The number of benzene rings is 2. The molecule has 0 radical (unpaired) electrons. The van der Waals surface area contributed by atoms with Crippen LogP contribution >= 0.6 is 0 Å². The number of aryl methyl sites for hydroxylation is 3. The number of hydrogen-bond donors (Lipinski definition) is 0. The Labute approximate surface area is 140 Å². The highest BCUT2D eigenvalue weighted by molar-refractivity contribution is 6.43. The summed E-state index contributed by atoms with van der Waals surface area (Å²) in [6.45, 7) is 0. The summed E-state index contributed by atoms with van der Waals surface area (Å²) in [6.07, 6.45) is 3.49. The van der Waals surface area contributed by atoms with Gasteiger partial charge in [0.05, 0.1) is 12.7 Å². The predicted octanol–water partition coefficient (Wildman–Crippen LogP) is 3.32. The standard InChI is InChI=1S/C20H19NO3/c1-21-13-17(19(22)20(23)24-2)16-12-15(10-11-18(16)21)9-8-14-6-4-3-5-7-14/h3-7,10-13H,8-9H2,1-2H3. The SMILES string of the molecule is COC(=O)C(=O)c1cn(C)c2ccc(CCc3ccccc3)cc12. The number of carbonyl (C=O) groups excluding carboxylic acids is 2. The summed E-state index contributed by atoms with van der Waals surface area (Å²) in [7, 11) is 3.08. The lowest BCUT2D eigenvalue weighted by molar-refractivity contribution is -0.135. The maximum absolute atomic E-state index is 12.2. The Morgan fingerprint density at radius 2 is 1.71 bits per heavy atom. The third kappa shape index (κ3) is 3.08. The molecule has 0 unspecified atom stereocenters. The van der Waals surface area contributed by atoms with Gasteiger partial charge < -0.3 is 9.30 Å². The van der Waals surface area contributed by atoms with Gasteiger partial charge in [0.1, 0.15) is 0 Å². The Bertz CT molecular complexity index is 894. The molecule has 0 saturated carbocycles. The van der Waals surface area contributed by atoms with Gasteiger partial charge in [-0.05, 0) is 36.1 Å². The minimum atomic E-state index is -0.836. The van der Waals surface area contributed by atoms with Gasteiger partial charge in [-0.2, -0.15) is 0 Å². The van der Waals surface area contributed by atoms with E-state index in [1.165, 1.54) is 12.7 Å². The summed E-state index contributed by atoms with van der Waals surface area (Å²) in [5, 5.41) is 0.790. The van der Waals surface area contributed by atoms with Gasteiger partial charge in [-0.15, -0.1) is 0 Å². The van der Waals surface area contributed by atoms with E-state index < -0.39 is 11.8 Å². The van der Waals surface area contributed by atoms with Crippen LogP contribution in [0.1, 0.15) is 21.5 Å². The van der Waals surface area contributed by atoms with Gasteiger partial charge in [0.25, 0.3) is 5.78 Å². The highest BCUT2D eigenvalue weighted by atomic mass is 16.5. The number of nitrogens with zero attached hydrogens (tertiary/aromatic N) is 1. The van der Waals surface area contributed by atoms with Crippen molar-refractivity contribution in [3.8, 4) is 0 Å². The van der Waals surface area contributed by atoms with E-state index in [0.717, 1.165) is 29.3 Å². The normalized spacial score (nSPS) is 10.8. The summed E-state index contributed by atoms with van der Waals surface area (Å²) < 4.78 is 6.42. The number of hydrogen-bond acceptors (Lipinski definition) is 3. The first-order chi connectivity index (χ1) is 11.6. The van der Waals surface area contributed by atoms with E-state index in [2.05, 4.69) is 22.9 Å². The molecule has 0 fully saturated rings. The number of fused-ring (bicyclic) bond motifs is 1. The summed E-state index contributed by atoms with van der Waals surface area (Å²) in [4.78, 5) is 23.8. The van der Waals surface area contributed by atoms with Crippen molar-refractivity contribution in [3.63, 3.8) is 0 Å². The molecule has 0 N–H and O–H groups in total. The van der Waals surface area contributed by atoms with Crippen LogP contribution in [0.15, 0.2) is 54.7 Å². The molecule has 3 rings (SSSR count). The lowest BCUT2D eigenvalue weighted by atomic mass is 10.0. The van der Waals surface area contributed by atoms with Crippen molar-refractivity contribution in [1.29, 1.82) is 0 Å². The smallest absolute Gasteiger partial charge is 0.379 e. The van der Waals surface area contributed by atoms with E-state index in [1.54, 1.807) is 6.20 Å². The van der Waals surface area contributed by atoms with Crippen LogP contribution in [0.5, 0.6) is 0 Å². The number of carbonyl (C=O) groups is 2. The quantitative estimate of drug-likeness (QED) is 0.411. The number of esters is 1. The molecule has 0 aliphatic carbocycles. The van der Waals surface area contributed by atoms with Gasteiger partial charge in [0, 0.05) is 24.1 Å². The van der Waals surface area contributed by atoms with E-state index in [1.807, 2.05) is 41.9 Å². The minimum Gasteiger partial charge on any atom is -0.463 e. The molecule has 0 aliphatic heterocycles. The fourth-order valence-corrected chi connectivity index (χ4v) is 2.91. The predicted molar refractivity (Wildman–Crippen MR) is 93.1 cm³/mol. The third-order valence-corrected chi connectivity index (χ3v) is 4.21. The second-order valence-corrected chi connectivity index (χ2v) is 5.81. The maximum atomic E-state index is 12.2. The molecule has 3 aromatic rings. The highest BCUT2D eigenvalue weighted by Gasteiger charge is 2.21.